The first kappa shape index (κ1) is 32.2. The van der Waals surface area contributed by atoms with Gasteiger partial charge in [0.05, 0.1) is 30.5 Å². The highest BCUT2D eigenvalue weighted by Gasteiger charge is 2.75. The average molecular weight is 693 g/mol. The van der Waals surface area contributed by atoms with Gasteiger partial charge in [0.15, 0.2) is 0 Å². The Bertz CT molecular complexity index is 1550. The molecule has 10 nitrogen and oxygen atoms in total. The number of hydrogen-bond donors (Lipinski definition) is 2. The lowest BCUT2D eigenvalue weighted by Crippen LogP contribution is -2.58. The summed E-state index contributed by atoms with van der Waals surface area (Å²) in [5.41, 5.74) is -0.0593. The summed E-state index contributed by atoms with van der Waals surface area (Å²) in [5.74, 6) is -3.69. The molecule has 1 spiro atoms. The van der Waals surface area contributed by atoms with Gasteiger partial charge in [-0.3, -0.25) is 19.2 Å². The maximum atomic E-state index is 14.8. The van der Waals surface area contributed by atoms with Crippen molar-refractivity contribution >= 4 is 39.6 Å². The van der Waals surface area contributed by atoms with Crippen LogP contribution in [0.2, 0.25) is 0 Å². The molecule has 4 aliphatic rings. The summed E-state index contributed by atoms with van der Waals surface area (Å²) in [6.45, 7) is 3.49. The first-order valence-corrected chi connectivity index (χ1v) is 16.5. The molecular formula is C35H38BrN3O7. The van der Waals surface area contributed by atoms with Crippen molar-refractivity contribution in [1.82, 2.24) is 15.1 Å². The number of likely N-dealkylation sites (tertiary alicyclic amines) is 1. The van der Waals surface area contributed by atoms with Crippen LogP contribution in [0.25, 0.3) is 0 Å². The van der Waals surface area contributed by atoms with Crippen LogP contribution in [-0.4, -0.2) is 82.1 Å². The molecule has 4 heterocycles. The number of aliphatic hydroxyl groups is 1. The topological polar surface area (TPSA) is 125 Å². The van der Waals surface area contributed by atoms with Gasteiger partial charge in [-0.2, -0.15) is 0 Å². The van der Waals surface area contributed by atoms with Crippen LogP contribution in [0.3, 0.4) is 0 Å². The van der Waals surface area contributed by atoms with Gasteiger partial charge in [-0.1, -0.05) is 88.7 Å². The fourth-order valence-electron chi connectivity index (χ4n) is 7.24. The number of ether oxygens (including phenoxy) is 2. The second-order valence-electron chi connectivity index (χ2n) is 12.4. The lowest BCUT2D eigenvalue weighted by molar-refractivity contribution is -0.151. The van der Waals surface area contributed by atoms with Crippen molar-refractivity contribution in [3.8, 4) is 0 Å². The number of aliphatic hydroxyl groups excluding tert-OH is 1. The summed E-state index contributed by atoms with van der Waals surface area (Å²) < 4.78 is 12.8. The largest absolute Gasteiger partial charge is 0.463 e. The van der Waals surface area contributed by atoms with Crippen LogP contribution < -0.4 is 5.32 Å². The first-order valence-electron chi connectivity index (χ1n) is 15.7. The molecule has 46 heavy (non-hydrogen) atoms. The summed E-state index contributed by atoms with van der Waals surface area (Å²) >= 11 is 3.60. The number of nitrogens with one attached hydrogen (secondary N) is 1. The van der Waals surface area contributed by atoms with Crippen LogP contribution in [0.4, 0.5) is 0 Å². The summed E-state index contributed by atoms with van der Waals surface area (Å²) in [7, 11) is 0. The van der Waals surface area contributed by atoms with Gasteiger partial charge in [0.1, 0.15) is 24.4 Å². The lowest BCUT2D eigenvalue weighted by atomic mass is 9.74. The van der Waals surface area contributed by atoms with Gasteiger partial charge in [0, 0.05) is 23.5 Å². The molecule has 2 N–H and O–H groups in total. The fourth-order valence-corrected chi connectivity index (χ4v) is 7.98. The number of hydrogen-bond acceptors (Lipinski definition) is 7. The van der Waals surface area contributed by atoms with E-state index in [4.69, 9.17) is 9.47 Å². The summed E-state index contributed by atoms with van der Waals surface area (Å²) in [6.07, 6.45) is 5.18. The standard InChI is InChI=1S/C35H38BrN3O7/c1-21(2)38-17-11-5-10-16-27(41)45-20-25(22-12-6-3-7-13-22)37-32(42)28-29-33(43)39(26(19-40)23-14-8-4-9-15-23)31(34(38)44)35(29)18-24(36)30(28)46-35/h3-9,11-15,18,21,25-26,28-31,40H,10,16-17,19-20H2,1-2H3,(H,37,42)/b11-5-/t25-,26+,28-,29+,30-,31-,35+/m0/s1. The number of benzene rings is 2. The van der Waals surface area contributed by atoms with Crippen LogP contribution in [0, 0.1) is 11.8 Å². The number of cyclic esters (lactones) is 1. The maximum Gasteiger partial charge on any atom is 0.306 e. The number of carbonyl (C=O) groups excluding carboxylic acids is 4. The monoisotopic (exact) mass is 691 g/mol. The Kier molecular flexibility index (Phi) is 9.18. The van der Waals surface area contributed by atoms with E-state index in [2.05, 4.69) is 21.2 Å². The minimum absolute atomic E-state index is 0.0910. The average Bonchev–Trinajstić information content (AvgIpc) is 3.64. The molecule has 7 atom stereocenters. The number of amides is 3. The Morgan fingerprint density at radius 3 is 2.37 bits per heavy atom. The lowest BCUT2D eigenvalue weighted by Gasteiger charge is -2.40. The number of esters is 1. The highest BCUT2D eigenvalue weighted by molar-refractivity contribution is 9.11. The molecular weight excluding hydrogens is 654 g/mol. The minimum atomic E-state index is -1.46. The summed E-state index contributed by atoms with van der Waals surface area (Å²) in [6, 6.07) is 15.3. The molecule has 0 aliphatic carbocycles. The van der Waals surface area contributed by atoms with Crippen LogP contribution in [0.15, 0.2) is 83.4 Å². The van der Waals surface area contributed by atoms with Gasteiger partial charge in [-0.05, 0) is 37.5 Å². The molecule has 5 bridgehead atoms. The zero-order chi connectivity index (χ0) is 32.6. The van der Waals surface area contributed by atoms with Gasteiger partial charge < -0.3 is 29.7 Å². The third-order valence-electron chi connectivity index (χ3n) is 9.41. The highest BCUT2D eigenvalue weighted by atomic mass is 79.9. The van der Waals surface area contributed by atoms with Crippen LogP contribution in [0.1, 0.15) is 49.9 Å². The zero-order valence-corrected chi connectivity index (χ0v) is 27.3. The van der Waals surface area contributed by atoms with Crippen LogP contribution in [0.5, 0.6) is 0 Å². The van der Waals surface area contributed by atoms with Gasteiger partial charge in [-0.15, -0.1) is 0 Å². The molecule has 0 aromatic heterocycles. The van der Waals surface area contributed by atoms with Crippen molar-refractivity contribution in [3.63, 3.8) is 0 Å². The molecule has 2 aromatic carbocycles. The van der Waals surface area contributed by atoms with Gasteiger partial charge in [0.25, 0.3) is 0 Å². The molecule has 0 saturated carbocycles. The van der Waals surface area contributed by atoms with Crippen molar-refractivity contribution in [2.75, 3.05) is 19.8 Å². The molecule has 0 unspecified atom stereocenters. The zero-order valence-electron chi connectivity index (χ0n) is 25.8. The Morgan fingerprint density at radius 1 is 1.00 bits per heavy atom. The second kappa shape index (κ2) is 13.1. The predicted molar refractivity (Wildman–Crippen MR) is 172 cm³/mol. The number of carbonyl (C=O) groups is 4. The third-order valence-corrected chi connectivity index (χ3v) is 10.1. The van der Waals surface area contributed by atoms with Gasteiger partial charge >= 0.3 is 5.97 Å². The van der Waals surface area contributed by atoms with Crippen molar-refractivity contribution in [2.45, 2.75) is 62.6 Å². The van der Waals surface area contributed by atoms with Crippen LogP contribution >= 0.6 is 15.9 Å². The molecule has 2 aromatic rings. The van der Waals surface area contributed by atoms with E-state index in [9.17, 15) is 24.3 Å². The Hall–Kier alpha value is -3.80. The van der Waals surface area contributed by atoms with Gasteiger partial charge in [-0.25, -0.2) is 0 Å². The highest BCUT2D eigenvalue weighted by Crippen LogP contribution is 2.60. The molecule has 4 aliphatic heterocycles. The number of allylic oxidation sites excluding steroid dienone is 1. The smallest absolute Gasteiger partial charge is 0.306 e. The second-order valence-corrected chi connectivity index (χ2v) is 13.3. The van der Waals surface area contributed by atoms with E-state index in [1.807, 2.05) is 86.7 Å². The first-order chi connectivity index (χ1) is 22.2. The Labute approximate surface area is 276 Å². The fraction of sp³-hybridized carbons (Fsp3) is 0.429. The molecule has 2 fully saturated rings. The van der Waals surface area contributed by atoms with E-state index in [1.165, 1.54) is 4.90 Å². The van der Waals surface area contributed by atoms with E-state index in [1.54, 1.807) is 11.0 Å². The number of fused-ring (bicyclic) bond motifs is 2. The summed E-state index contributed by atoms with van der Waals surface area (Å²) in [5, 5.41) is 13.8. The normalized spacial score (nSPS) is 31.4. The maximum absolute atomic E-state index is 14.8. The predicted octanol–water partition coefficient (Wildman–Crippen LogP) is 3.58. The number of halogens is 1. The third kappa shape index (κ3) is 5.58. The van der Waals surface area contributed by atoms with E-state index in [0.717, 1.165) is 5.56 Å². The van der Waals surface area contributed by atoms with Gasteiger partial charge in [0.2, 0.25) is 17.7 Å². The van der Waals surface area contributed by atoms with Crippen molar-refractivity contribution in [2.24, 2.45) is 11.8 Å². The minimum Gasteiger partial charge on any atom is -0.463 e. The molecule has 2 saturated heterocycles. The Balaban J connectivity index is 1.48. The molecule has 3 amide bonds. The number of rotatable bonds is 5. The van der Waals surface area contributed by atoms with E-state index in [-0.39, 0.29) is 31.5 Å². The van der Waals surface area contributed by atoms with Crippen molar-refractivity contribution in [3.05, 3.63) is 94.5 Å². The molecule has 242 valence electrons. The SMILES string of the molecule is CC(C)N1C/C=C\CCC(=O)OC[C@@H](c2ccccc2)NC(=O)[C@@H]2[C@H]3O[C@@]4(C=C3Br)[C@H](C1=O)N([C@H](CO)c1ccccc1)C(=O)[C@@H]24. The number of nitrogens with zero attached hydrogens (tertiary/aromatic N) is 2. The van der Waals surface area contributed by atoms with Crippen LogP contribution in [-0.2, 0) is 28.7 Å². The van der Waals surface area contributed by atoms with E-state index >= 15 is 0 Å². The summed E-state index contributed by atoms with van der Waals surface area (Å²) in [4.78, 5) is 59.5. The Morgan fingerprint density at radius 2 is 1.70 bits per heavy atom. The quantitative estimate of drug-likeness (QED) is 0.363. The molecule has 11 heteroatoms. The molecule has 6 rings (SSSR count). The van der Waals surface area contributed by atoms with E-state index in [0.29, 0.717) is 16.5 Å². The molecule has 0 radical (unpaired) electrons. The van der Waals surface area contributed by atoms with Crippen molar-refractivity contribution in [1.29, 1.82) is 0 Å². The van der Waals surface area contributed by atoms with Crippen molar-refractivity contribution < 1.29 is 33.8 Å². The van der Waals surface area contributed by atoms with E-state index < -0.39 is 66.1 Å².